The summed E-state index contributed by atoms with van der Waals surface area (Å²) in [6.07, 6.45) is 0. The van der Waals surface area contributed by atoms with Gasteiger partial charge in [-0.15, -0.1) is 0 Å². The number of amides is 1. The number of hydrogen-bond donors (Lipinski definition) is 2. The Morgan fingerprint density at radius 1 is 1.26 bits per heavy atom. The summed E-state index contributed by atoms with van der Waals surface area (Å²) in [6.45, 7) is 2.35. The Bertz CT molecular complexity index is 709. The molecule has 1 amide bonds. The predicted octanol–water partition coefficient (Wildman–Crippen LogP) is 3.17. The summed E-state index contributed by atoms with van der Waals surface area (Å²) in [4.78, 5) is 13.3. The average molecular weight is 356 g/mol. The molecule has 0 fully saturated rings. The van der Waals surface area contributed by atoms with E-state index in [0.29, 0.717) is 22.3 Å². The molecule has 122 valence electrons. The van der Waals surface area contributed by atoms with Gasteiger partial charge < -0.3 is 10.2 Å². The van der Waals surface area contributed by atoms with Crippen LogP contribution in [0.25, 0.3) is 0 Å². The van der Waals surface area contributed by atoms with Gasteiger partial charge in [-0.3, -0.25) is 4.79 Å². The summed E-state index contributed by atoms with van der Waals surface area (Å²) in [5, 5.41) is 3.71. The van der Waals surface area contributed by atoms with Crippen molar-refractivity contribution in [2.24, 2.45) is 0 Å². The van der Waals surface area contributed by atoms with Crippen molar-refractivity contribution in [1.29, 1.82) is 0 Å². The zero-order valence-electron chi connectivity index (χ0n) is 12.9. The maximum Gasteiger partial charge on any atom is 0.282 e. The van der Waals surface area contributed by atoms with E-state index in [0.717, 1.165) is 10.5 Å². The van der Waals surface area contributed by atoms with Crippen molar-refractivity contribution < 1.29 is 14.1 Å². The van der Waals surface area contributed by atoms with Crippen molar-refractivity contribution in [1.82, 2.24) is 0 Å². The quantitative estimate of drug-likeness (QED) is 0.848. The molecular formula is C17H18Cl2FN2O+. The molecule has 0 radical (unpaired) electrons. The molecule has 0 aliphatic carbocycles. The Kier molecular flexibility index (Phi) is 5.99. The first kappa shape index (κ1) is 17.7. The maximum atomic E-state index is 13.2. The molecule has 0 aliphatic rings. The Labute approximate surface area is 145 Å². The van der Waals surface area contributed by atoms with E-state index in [1.54, 1.807) is 24.3 Å². The van der Waals surface area contributed by atoms with Crippen LogP contribution in [0.1, 0.15) is 12.5 Å². The van der Waals surface area contributed by atoms with Crippen molar-refractivity contribution >= 4 is 34.8 Å². The van der Waals surface area contributed by atoms with Gasteiger partial charge in [0.2, 0.25) is 0 Å². The van der Waals surface area contributed by atoms with Crippen molar-refractivity contribution in [2.75, 3.05) is 12.4 Å². The van der Waals surface area contributed by atoms with Gasteiger partial charge in [-0.2, -0.15) is 0 Å². The Balaban J connectivity index is 2.02. The van der Waals surface area contributed by atoms with Crippen LogP contribution in [0.5, 0.6) is 0 Å². The maximum absolute atomic E-state index is 13.2. The van der Waals surface area contributed by atoms with Gasteiger partial charge in [0.25, 0.3) is 5.91 Å². The lowest BCUT2D eigenvalue weighted by Gasteiger charge is -2.21. The zero-order chi connectivity index (χ0) is 17.0. The second kappa shape index (κ2) is 7.77. The van der Waals surface area contributed by atoms with Gasteiger partial charge in [-0.1, -0.05) is 35.3 Å². The molecule has 3 nitrogen and oxygen atoms in total. The van der Waals surface area contributed by atoms with Crippen LogP contribution in [-0.2, 0) is 11.3 Å². The molecule has 2 N–H and O–H groups in total. The van der Waals surface area contributed by atoms with E-state index in [4.69, 9.17) is 23.2 Å². The third-order valence-corrected chi connectivity index (χ3v) is 4.26. The van der Waals surface area contributed by atoms with E-state index in [1.807, 2.05) is 20.0 Å². The van der Waals surface area contributed by atoms with Gasteiger partial charge in [0, 0.05) is 10.6 Å². The summed E-state index contributed by atoms with van der Waals surface area (Å²) in [6, 6.07) is 10.9. The molecule has 2 aromatic rings. The van der Waals surface area contributed by atoms with E-state index in [2.05, 4.69) is 5.32 Å². The van der Waals surface area contributed by atoms with E-state index in [9.17, 15) is 9.18 Å². The second-order valence-corrected chi connectivity index (χ2v) is 6.33. The van der Waals surface area contributed by atoms with E-state index < -0.39 is 0 Å². The van der Waals surface area contributed by atoms with Crippen LogP contribution >= 0.6 is 23.2 Å². The molecule has 1 unspecified atom stereocenters. The number of nitrogens with one attached hydrogen (secondary N) is 2. The van der Waals surface area contributed by atoms with E-state index in [-0.39, 0.29) is 17.8 Å². The van der Waals surface area contributed by atoms with E-state index in [1.165, 1.54) is 12.1 Å². The van der Waals surface area contributed by atoms with Crippen LogP contribution in [-0.4, -0.2) is 19.0 Å². The predicted molar refractivity (Wildman–Crippen MR) is 91.5 cm³/mol. The molecule has 0 aromatic heterocycles. The summed E-state index contributed by atoms with van der Waals surface area (Å²) >= 11 is 12.0. The lowest BCUT2D eigenvalue weighted by Crippen LogP contribution is -3.12. The summed E-state index contributed by atoms with van der Waals surface area (Å²) in [5.41, 5.74) is 1.32. The number of benzene rings is 2. The van der Waals surface area contributed by atoms with Gasteiger partial charge in [0.05, 0.1) is 17.8 Å². The van der Waals surface area contributed by atoms with Crippen molar-refractivity contribution in [3.63, 3.8) is 0 Å². The van der Waals surface area contributed by atoms with Gasteiger partial charge in [-0.25, -0.2) is 4.39 Å². The van der Waals surface area contributed by atoms with Crippen LogP contribution in [0.3, 0.4) is 0 Å². The highest BCUT2D eigenvalue weighted by Gasteiger charge is 2.22. The number of hydrogen-bond acceptors (Lipinski definition) is 1. The first-order chi connectivity index (χ1) is 10.9. The highest BCUT2D eigenvalue weighted by atomic mass is 35.5. The number of carbonyl (C=O) groups is 1. The lowest BCUT2D eigenvalue weighted by atomic mass is 10.2. The Morgan fingerprint density at radius 2 is 2.00 bits per heavy atom. The third kappa shape index (κ3) is 4.93. The molecule has 6 heteroatoms. The molecule has 0 heterocycles. The molecule has 2 aromatic carbocycles. The largest absolute Gasteiger partial charge is 0.324 e. The third-order valence-electron chi connectivity index (χ3n) is 3.69. The fraction of sp³-hybridized carbons (Fsp3) is 0.235. The van der Waals surface area contributed by atoms with Gasteiger partial charge in [0.1, 0.15) is 12.4 Å². The molecule has 0 bridgehead atoms. The fourth-order valence-electron chi connectivity index (χ4n) is 2.18. The number of carbonyl (C=O) groups excluding carboxylic acids is 1. The first-order valence-electron chi connectivity index (χ1n) is 7.19. The smallest absolute Gasteiger partial charge is 0.282 e. The molecule has 0 saturated heterocycles. The topological polar surface area (TPSA) is 33.5 Å². The lowest BCUT2D eigenvalue weighted by molar-refractivity contribution is -0.907. The monoisotopic (exact) mass is 355 g/mol. The van der Waals surface area contributed by atoms with Crippen LogP contribution in [0.15, 0.2) is 42.5 Å². The van der Waals surface area contributed by atoms with E-state index >= 15 is 0 Å². The molecule has 0 saturated carbocycles. The van der Waals surface area contributed by atoms with Crippen LogP contribution in [0.4, 0.5) is 10.1 Å². The highest BCUT2D eigenvalue weighted by molar-refractivity contribution is 6.35. The Hall–Kier alpha value is -1.62. The van der Waals surface area contributed by atoms with Gasteiger partial charge in [-0.05, 0) is 37.3 Å². The standard InChI is InChI=1S/C17H17Cl2FN2O/c1-11(22(2)10-12-4-3-5-14(20)8-12)17(23)21-16-9-13(18)6-7-15(16)19/h3-9,11H,10H2,1-2H3,(H,21,23)/p+1/t11-/m0/s1. The summed E-state index contributed by atoms with van der Waals surface area (Å²) in [7, 11) is 1.88. The van der Waals surface area contributed by atoms with Crippen molar-refractivity contribution in [3.05, 3.63) is 63.9 Å². The number of likely N-dealkylation sites (N-methyl/N-ethyl adjacent to an activating group) is 1. The summed E-state index contributed by atoms with van der Waals surface area (Å²) < 4.78 is 13.2. The van der Waals surface area contributed by atoms with Crippen LogP contribution in [0.2, 0.25) is 10.0 Å². The zero-order valence-corrected chi connectivity index (χ0v) is 14.4. The van der Waals surface area contributed by atoms with Gasteiger partial charge in [0.15, 0.2) is 6.04 Å². The van der Waals surface area contributed by atoms with Crippen molar-refractivity contribution in [2.45, 2.75) is 19.5 Å². The number of quaternary nitrogens is 1. The average Bonchev–Trinajstić information content (AvgIpc) is 2.50. The number of anilines is 1. The molecule has 0 spiro atoms. The molecule has 0 aliphatic heterocycles. The van der Waals surface area contributed by atoms with Crippen molar-refractivity contribution in [3.8, 4) is 0 Å². The molecule has 23 heavy (non-hydrogen) atoms. The summed E-state index contributed by atoms with van der Waals surface area (Å²) in [5.74, 6) is -0.457. The number of halogens is 3. The molecule has 2 atom stereocenters. The van der Waals surface area contributed by atoms with Crippen LogP contribution < -0.4 is 10.2 Å². The minimum absolute atomic E-state index is 0.178. The SMILES string of the molecule is C[C@@H](C(=O)Nc1cc(Cl)ccc1Cl)[NH+](C)Cc1cccc(F)c1. The fourth-order valence-corrected chi connectivity index (χ4v) is 2.52. The number of rotatable bonds is 5. The molecular weight excluding hydrogens is 338 g/mol. The minimum Gasteiger partial charge on any atom is -0.324 e. The first-order valence-corrected chi connectivity index (χ1v) is 7.95. The van der Waals surface area contributed by atoms with Crippen LogP contribution in [0, 0.1) is 5.82 Å². The second-order valence-electron chi connectivity index (χ2n) is 5.49. The Morgan fingerprint density at radius 3 is 2.70 bits per heavy atom. The normalized spacial score (nSPS) is 13.4. The highest BCUT2D eigenvalue weighted by Crippen LogP contribution is 2.25. The molecule has 2 rings (SSSR count). The minimum atomic E-state index is -0.340. The van der Waals surface area contributed by atoms with Gasteiger partial charge >= 0.3 is 0 Å².